The lowest BCUT2D eigenvalue weighted by Gasteiger charge is -2.22. The Bertz CT molecular complexity index is 502. The average Bonchev–Trinajstić information content (AvgIpc) is 2.59. The second-order valence-corrected chi connectivity index (χ2v) is 5.49. The molecule has 1 aromatic rings. The third-order valence-electron chi connectivity index (χ3n) is 3.75. The van der Waals surface area contributed by atoms with Gasteiger partial charge in [-0.15, -0.1) is 0 Å². The maximum absolute atomic E-state index is 13.4. The normalized spacial score (nSPS) is 23.3. The Labute approximate surface area is 118 Å². The molecule has 1 atom stereocenters. The molecule has 1 N–H and O–H groups in total. The molecule has 5 heteroatoms. The molecule has 0 saturated carbocycles. The minimum absolute atomic E-state index is 0.0673. The summed E-state index contributed by atoms with van der Waals surface area (Å²) in [5.74, 6) is -0.568. The van der Waals surface area contributed by atoms with Crippen LogP contribution in [0.15, 0.2) is 18.2 Å². The SMILES string of the molecule is COc1cc(C(=O)N2CCCC(C)(O)CC2)ccc1F. The standard InChI is InChI=1S/C15H20FNO3/c1-15(19)6-3-8-17(9-7-15)14(18)11-4-5-12(16)13(10-11)20-2/h4-5,10,19H,3,6-9H2,1-2H3. The van der Waals surface area contributed by atoms with Gasteiger partial charge in [-0.2, -0.15) is 0 Å². The van der Waals surface area contributed by atoms with Crippen LogP contribution in [0.1, 0.15) is 36.5 Å². The second kappa shape index (κ2) is 5.79. The van der Waals surface area contributed by atoms with Crippen LogP contribution in [0.5, 0.6) is 5.75 Å². The van der Waals surface area contributed by atoms with Crippen LogP contribution in [0.3, 0.4) is 0 Å². The molecule has 1 aliphatic rings. The lowest BCUT2D eigenvalue weighted by Crippen LogP contribution is -2.33. The number of likely N-dealkylation sites (tertiary alicyclic amines) is 1. The van der Waals surface area contributed by atoms with Gasteiger partial charge >= 0.3 is 0 Å². The highest BCUT2D eigenvalue weighted by Crippen LogP contribution is 2.24. The molecular weight excluding hydrogens is 261 g/mol. The molecule has 1 unspecified atom stereocenters. The monoisotopic (exact) mass is 281 g/mol. The van der Waals surface area contributed by atoms with Gasteiger partial charge in [0.2, 0.25) is 0 Å². The number of carbonyl (C=O) groups excluding carboxylic acids is 1. The molecule has 0 radical (unpaired) electrons. The van der Waals surface area contributed by atoms with Crippen LogP contribution < -0.4 is 4.74 Å². The van der Waals surface area contributed by atoms with Gasteiger partial charge in [0.1, 0.15) is 0 Å². The van der Waals surface area contributed by atoms with Crippen LogP contribution in [0.4, 0.5) is 4.39 Å². The number of ether oxygens (including phenoxy) is 1. The zero-order chi connectivity index (χ0) is 14.8. The number of carbonyl (C=O) groups is 1. The highest BCUT2D eigenvalue weighted by atomic mass is 19.1. The van der Waals surface area contributed by atoms with E-state index in [2.05, 4.69) is 0 Å². The van der Waals surface area contributed by atoms with Crippen LogP contribution in [0.25, 0.3) is 0 Å². The molecule has 1 aliphatic heterocycles. The van der Waals surface area contributed by atoms with E-state index in [0.29, 0.717) is 31.5 Å². The fraction of sp³-hybridized carbons (Fsp3) is 0.533. The Morgan fingerprint density at radius 1 is 1.40 bits per heavy atom. The highest BCUT2D eigenvalue weighted by molar-refractivity contribution is 5.94. The summed E-state index contributed by atoms with van der Waals surface area (Å²) in [6.07, 6.45) is 2.00. The predicted octanol–water partition coefficient (Wildman–Crippen LogP) is 2.21. The van der Waals surface area contributed by atoms with Crippen molar-refractivity contribution in [1.29, 1.82) is 0 Å². The van der Waals surface area contributed by atoms with E-state index in [1.165, 1.54) is 25.3 Å². The van der Waals surface area contributed by atoms with E-state index in [4.69, 9.17) is 4.74 Å². The summed E-state index contributed by atoms with van der Waals surface area (Å²) in [6, 6.07) is 4.12. The molecular formula is C15H20FNO3. The smallest absolute Gasteiger partial charge is 0.253 e. The fourth-order valence-corrected chi connectivity index (χ4v) is 2.44. The highest BCUT2D eigenvalue weighted by Gasteiger charge is 2.27. The molecule has 110 valence electrons. The van der Waals surface area contributed by atoms with Crippen molar-refractivity contribution in [3.63, 3.8) is 0 Å². The third-order valence-corrected chi connectivity index (χ3v) is 3.75. The topological polar surface area (TPSA) is 49.8 Å². The van der Waals surface area contributed by atoms with E-state index in [-0.39, 0.29) is 11.7 Å². The number of benzene rings is 1. The first-order valence-corrected chi connectivity index (χ1v) is 6.78. The lowest BCUT2D eigenvalue weighted by atomic mass is 9.98. The van der Waals surface area contributed by atoms with Gasteiger partial charge in [-0.25, -0.2) is 4.39 Å². The van der Waals surface area contributed by atoms with Gasteiger partial charge in [0.15, 0.2) is 11.6 Å². The number of amides is 1. The van der Waals surface area contributed by atoms with Gasteiger partial charge in [-0.3, -0.25) is 4.79 Å². The Balaban J connectivity index is 2.15. The maximum Gasteiger partial charge on any atom is 0.253 e. The quantitative estimate of drug-likeness (QED) is 0.904. The summed E-state index contributed by atoms with van der Waals surface area (Å²) < 4.78 is 18.3. The number of aliphatic hydroxyl groups is 1. The zero-order valence-corrected chi connectivity index (χ0v) is 11.9. The van der Waals surface area contributed by atoms with Crippen molar-refractivity contribution in [2.24, 2.45) is 0 Å². The molecule has 1 amide bonds. The summed E-state index contributed by atoms with van der Waals surface area (Å²) in [6.45, 7) is 2.90. The number of halogens is 1. The number of hydrogen-bond acceptors (Lipinski definition) is 3. The van der Waals surface area contributed by atoms with Crippen molar-refractivity contribution >= 4 is 5.91 Å². The van der Waals surface area contributed by atoms with Gasteiger partial charge in [-0.1, -0.05) is 0 Å². The molecule has 1 heterocycles. The van der Waals surface area contributed by atoms with Crippen molar-refractivity contribution < 1.29 is 19.0 Å². The summed E-state index contributed by atoms with van der Waals surface area (Å²) in [7, 11) is 1.37. The largest absolute Gasteiger partial charge is 0.494 e. The van der Waals surface area contributed by atoms with Crippen LogP contribution >= 0.6 is 0 Å². The van der Waals surface area contributed by atoms with Crippen molar-refractivity contribution in [2.45, 2.75) is 31.8 Å². The third kappa shape index (κ3) is 3.28. The minimum atomic E-state index is -0.713. The number of methoxy groups -OCH3 is 1. The molecule has 1 aromatic carbocycles. The van der Waals surface area contributed by atoms with E-state index in [0.717, 1.165) is 6.42 Å². The van der Waals surface area contributed by atoms with Crippen LogP contribution in [0.2, 0.25) is 0 Å². The molecule has 1 fully saturated rings. The van der Waals surface area contributed by atoms with Crippen LogP contribution in [-0.2, 0) is 0 Å². The molecule has 1 saturated heterocycles. The van der Waals surface area contributed by atoms with Crippen molar-refractivity contribution in [2.75, 3.05) is 20.2 Å². The molecule has 0 aromatic heterocycles. The molecule has 0 aliphatic carbocycles. The van der Waals surface area contributed by atoms with Gasteiger partial charge in [0, 0.05) is 18.7 Å². The Morgan fingerprint density at radius 2 is 2.15 bits per heavy atom. The number of nitrogens with zero attached hydrogens (tertiary/aromatic N) is 1. The Morgan fingerprint density at radius 3 is 2.85 bits per heavy atom. The van der Waals surface area contributed by atoms with E-state index in [9.17, 15) is 14.3 Å². The van der Waals surface area contributed by atoms with E-state index < -0.39 is 11.4 Å². The number of rotatable bonds is 2. The first-order chi connectivity index (χ1) is 9.43. The predicted molar refractivity (Wildman–Crippen MR) is 73.3 cm³/mol. The lowest BCUT2D eigenvalue weighted by molar-refractivity contribution is 0.0438. The summed E-state index contributed by atoms with van der Waals surface area (Å²) >= 11 is 0. The van der Waals surface area contributed by atoms with Crippen molar-refractivity contribution in [3.8, 4) is 5.75 Å². The zero-order valence-electron chi connectivity index (χ0n) is 11.9. The first-order valence-electron chi connectivity index (χ1n) is 6.78. The summed E-state index contributed by atoms with van der Waals surface area (Å²) in [5, 5.41) is 10.0. The molecule has 0 bridgehead atoms. The maximum atomic E-state index is 13.4. The van der Waals surface area contributed by atoms with E-state index in [1.54, 1.807) is 11.8 Å². The van der Waals surface area contributed by atoms with Gasteiger partial charge in [-0.05, 0) is 44.4 Å². The first kappa shape index (κ1) is 14.8. The van der Waals surface area contributed by atoms with E-state index >= 15 is 0 Å². The van der Waals surface area contributed by atoms with Gasteiger partial charge in [0.25, 0.3) is 5.91 Å². The van der Waals surface area contributed by atoms with Crippen LogP contribution in [-0.4, -0.2) is 41.7 Å². The van der Waals surface area contributed by atoms with Gasteiger partial charge in [0.05, 0.1) is 12.7 Å². The summed E-state index contributed by atoms with van der Waals surface area (Å²) in [4.78, 5) is 14.1. The minimum Gasteiger partial charge on any atom is -0.494 e. The molecule has 4 nitrogen and oxygen atoms in total. The van der Waals surface area contributed by atoms with Crippen molar-refractivity contribution in [1.82, 2.24) is 4.90 Å². The average molecular weight is 281 g/mol. The molecule has 0 spiro atoms. The number of hydrogen-bond donors (Lipinski definition) is 1. The van der Waals surface area contributed by atoms with Crippen LogP contribution in [0, 0.1) is 5.82 Å². The molecule has 20 heavy (non-hydrogen) atoms. The van der Waals surface area contributed by atoms with E-state index in [1.807, 2.05) is 0 Å². The van der Waals surface area contributed by atoms with Gasteiger partial charge < -0.3 is 14.7 Å². The Hall–Kier alpha value is -1.62. The van der Waals surface area contributed by atoms with Crippen molar-refractivity contribution in [3.05, 3.63) is 29.6 Å². The Kier molecular flexibility index (Phi) is 4.28. The summed E-state index contributed by atoms with van der Waals surface area (Å²) in [5.41, 5.74) is -0.306. The second-order valence-electron chi connectivity index (χ2n) is 5.49. The molecule has 2 rings (SSSR count). The fourth-order valence-electron chi connectivity index (χ4n) is 2.44.